The Morgan fingerprint density at radius 3 is 2.14 bits per heavy atom. The van der Waals surface area contributed by atoms with Crippen LogP contribution in [0.15, 0.2) is 18.4 Å². The summed E-state index contributed by atoms with van der Waals surface area (Å²) in [4.78, 5) is 0. The predicted molar refractivity (Wildman–Crippen MR) is 30.0 cm³/mol. The van der Waals surface area contributed by atoms with Crippen molar-refractivity contribution in [3.05, 3.63) is 18.4 Å². The molecule has 1 N–H and O–H groups in total. The molecule has 0 aliphatic carbocycles. The Labute approximate surface area is 44.0 Å². The van der Waals surface area contributed by atoms with Gasteiger partial charge in [0.25, 0.3) is 0 Å². The van der Waals surface area contributed by atoms with E-state index in [-0.39, 0.29) is 0 Å². The van der Waals surface area contributed by atoms with Crippen LogP contribution < -0.4 is 0 Å². The molecule has 0 aliphatic heterocycles. The molecule has 40 valence electrons. The largest absolute Gasteiger partial charge is 0.386 e. The van der Waals surface area contributed by atoms with Crippen LogP contribution in [-0.2, 0) is 0 Å². The molecule has 0 saturated heterocycles. The Morgan fingerprint density at radius 1 is 1.71 bits per heavy atom. The topological polar surface area (TPSA) is 20.2 Å². The average Bonchev–Trinajstić information content (AvgIpc) is 1.30. The van der Waals surface area contributed by atoms with Crippen LogP contribution in [0.2, 0.25) is 0 Å². The van der Waals surface area contributed by atoms with E-state index in [0.717, 1.165) is 0 Å². The third-order valence-electron chi connectivity index (χ3n) is 0.455. The standard InChI is InChI=1S/C6H10O/c1-4-5-6(2,3)7/h5,7H,1H2,2-3H3. The maximum absolute atomic E-state index is 8.86. The zero-order valence-corrected chi connectivity index (χ0v) is 4.73. The highest BCUT2D eigenvalue weighted by Gasteiger charge is 2.03. The monoisotopic (exact) mass is 98.1 g/mol. The van der Waals surface area contributed by atoms with Crippen molar-refractivity contribution >= 4 is 0 Å². The van der Waals surface area contributed by atoms with Crippen LogP contribution in [-0.4, -0.2) is 10.7 Å². The van der Waals surface area contributed by atoms with Crippen LogP contribution >= 0.6 is 0 Å². The molecule has 0 aliphatic rings. The third-order valence-corrected chi connectivity index (χ3v) is 0.455. The van der Waals surface area contributed by atoms with E-state index in [1.54, 1.807) is 13.8 Å². The van der Waals surface area contributed by atoms with Gasteiger partial charge in [0.1, 0.15) is 0 Å². The lowest BCUT2D eigenvalue weighted by Crippen LogP contribution is -2.12. The molecule has 0 fully saturated rings. The van der Waals surface area contributed by atoms with E-state index in [0.29, 0.717) is 0 Å². The van der Waals surface area contributed by atoms with Gasteiger partial charge in [0.05, 0.1) is 5.60 Å². The number of hydrogen-bond donors (Lipinski definition) is 1. The first-order chi connectivity index (χ1) is 3.06. The molecule has 0 saturated carbocycles. The van der Waals surface area contributed by atoms with Crippen LogP contribution in [0.1, 0.15) is 13.8 Å². The Hall–Kier alpha value is -0.520. The molecular weight excluding hydrogens is 88.1 g/mol. The van der Waals surface area contributed by atoms with Crippen LogP contribution in [0, 0.1) is 0 Å². The molecule has 0 unspecified atom stereocenters. The first-order valence-electron chi connectivity index (χ1n) is 2.15. The van der Waals surface area contributed by atoms with E-state index in [1.807, 2.05) is 0 Å². The van der Waals surface area contributed by atoms with E-state index < -0.39 is 5.60 Å². The lowest BCUT2D eigenvalue weighted by Gasteiger charge is -2.06. The van der Waals surface area contributed by atoms with Crippen LogP contribution in [0.5, 0.6) is 0 Å². The smallest absolute Gasteiger partial charge is 0.0844 e. The number of hydrogen-bond acceptors (Lipinski definition) is 1. The first-order valence-corrected chi connectivity index (χ1v) is 2.15. The molecule has 0 atom stereocenters. The summed E-state index contributed by atoms with van der Waals surface area (Å²) in [5, 5.41) is 8.86. The summed E-state index contributed by atoms with van der Waals surface area (Å²) in [5.41, 5.74) is 1.73. The second kappa shape index (κ2) is 1.97. The van der Waals surface area contributed by atoms with Crippen molar-refractivity contribution in [1.29, 1.82) is 0 Å². The van der Waals surface area contributed by atoms with Crippen molar-refractivity contribution in [3.63, 3.8) is 0 Å². The molecule has 0 spiro atoms. The van der Waals surface area contributed by atoms with E-state index in [9.17, 15) is 0 Å². The third kappa shape index (κ3) is 5.48. The fraction of sp³-hybridized carbons (Fsp3) is 0.500. The highest BCUT2D eigenvalue weighted by molar-refractivity contribution is 4.91. The minimum Gasteiger partial charge on any atom is -0.386 e. The molecule has 0 radical (unpaired) electrons. The van der Waals surface area contributed by atoms with Gasteiger partial charge in [-0.2, -0.15) is 0 Å². The Morgan fingerprint density at radius 2 is 2.14 bits per heavy atom. The van der Waals surface area contributed by atoms with Gasteiger partial charge in [-0.1, -0.05) is 6.58 Å². The summed E-state index contributed by atoms with van der Waals surface area (Å²) >= 11 is 0. The van der Waals surface area contributed by atoms with Gasteiger partial charge in [0, 0.05) is 0 Å². The molecule has 0 bridgehead atoms. The maximum Gasteiger partial charge on any atom is 0.0844 e. The Kier molecular flexibility index (Phi) is 1.82. The zero-order chi connectivity index (χ0) is 5.91. The number of rotatable bonds is 1. The van der Waals surface area contributed by atoms with Gasteiger partial charge in [-0.05, 0) is 19.9 Å². The maximum atomic E-state index is 8.86. The van der Waals surface area contributed by atoms with Crippen molar-refractivity contribution in [1.82, 2.24) is 0 Å². The van der Waals surface area contributed by atoms with E-state index >= 15 is 0 Å². The minimum absolute atomic E-state index is 0.748. The van der Waals surface area contributed by atoms with Crippen molar-refractivity contribution < 1.29 is 5.11 Å². The second-order valence-electron chi connectivity index (χ2n) is 2.00. The van der Waals surface area contributed by atoms with Crippen LogP contribution in [0.25, 0.3) is 0 Å². The van der Waals surface area contributed by atoms with E-state index in [2.05, 4.69) is 12.3 Å². The summed E-state index contributed by atoms with van der Waals surface area (Å²) in [7, 11) is 0. The van der Waals surface area contributed by atoms with Gasteiger partial charge >= 0.3 is 0 Å². The molecule has 0 aromatic carbocycles. The normalized spacial score (nSPS) is 10.1. The van der Waals surface area contributed by atoms with Gasteiger partial charge in [-0.15, -0.1) is 5.73 Å². The quantitative estimate of drug-likeness (QED) is 0.487. The SMILES string of the molecule is C=C=CC(C)(C)O. The molecule has 7 heavy (non-hydrogen) atoms. The van der Waals surface area contributed by atoms with Crippen molar-refractivity contribution in [2.45, 2.75) is 19.4 Å². The lowest BCUT2D eigenvalue weighted by atomic mass is 10.1. The average molecular weight is 98.1 g/mol. The van der Waals surface area contributed by atoms with Gasteiger partial charge < -0.3 is 5.11 Å². The summed E-state index contributed by atoms with van der Waals surface area (Å²) in [5.74, 6) is 0. The van der Waals surface area contributed by atoms with E-state index in [1.165, 1.54) is 6.08 Å². The Balaban J connectivity index is 3.80. The molecule has 0 amide bonds. The van der Waals surface area contributed by atoms with Crippen molar-refractivity contribution in [2.75, 3.05) is 0 Å². The van der Waals surface area contributed by atoms with Gasteiger partial charge in [0.2, 0.25) is 0 Å². The zero-order valence-electron chi connectivity index (χ0n) is 4.73. The summed E-state index contributed by atoms with van der Waals surface area (Å²) in [6.45, 7) is 6.65. The fourth-order valence-corrected chi connectivity index (χ4v) is 0.250. The van der Waals surface area contributed by atoms with Crippen molar-refractivity contribution in [3.8, 4) is 0 Å². The van der Waals surface area contributed by atoms with Crippen molar-refractivity contribution in [2.24, 2.45) is 0 Å². The molecule has 0 rings (SSSR count). The fourth-order valence-electron chi connectivity index (χ4n) is 0.250. The van der Waals surface area contributed by atoms with Gasteiger partial charge in [-0.25, -0.2) is 0 Å². The van der Waals surface area contributed by atoms with Crippen LogP contribution in [0.3, 0.4) is 0 Å². The molecular formula is C6H10O. The predicted octanol–water partition coefficient (Wildman–Crippen LogP) is 1.10. The van der Waals surface area contributed by atoms with Crippen LogP contribution in [0.4, 0.5) is 0 Å². The summed E-state index contributed by atoms with van der Waals surface area (Å²) in [6, 6.07) is 0. The highest BCUT2D eigenvalue weighted by atomic mass is 16.3. The van der Waals surface area contributed by atoms with Gasteiger partial charge in [-0.3, -0.25) is 0 Å². The lowest BCUT2D eigenvalue weighted by molar-refractivity contribution is 0.133. The first kappa shape index (κ1) is 6.48. The minimum atomic E-state index is -0.748. The molecule has 0 aromatic rings. The Bertz CT molecular complexity index is 91.2. The second-order valence-corrected chi connectivity index (χ2v) is 2.00. The summed E-state index contributed by atoms with van der Waals surface area (Å²) < 4.78 is 0. The number of aliphatic hydroxyl groups is 1. The van der Waals surface area contributed by atoms with Gasteiger partial charge in [0.15, 0.2) is 0 Å². The van der Waals surface area contributed by atoms with E-state index in [4.69, 9.17) is 5.11 Å². The molecule has 1 heteroatoms. The summed E-state index contributed by atoms with van der Waals surface area (Å²) in [6.07, 6.45) is 1.51. The molecule has 0 heterocycles. The highest BCUT2D eigenvalue weighted by Crippen LogP contribution is 1.99. The molecule has 1 nitrogen and oxygen atoms in total. The molecule has 0 aromatic heterocycles.